The first kappa shape index (κ1) is 14.0. The second-order valence-corrected chi connectivity index (χ2v) is 7.68. The number of H-pyrrole nitrogens is 1. The summed E-state index contributed by atoms with van der Waals surface area (Å²) in [6.45, 7) is 0. The topological polar surface area (TPSA) is 32.9 Å². The molecule has 4 aromatic carbocycles. The Balaban J connectivity index is 1.99. The normalized spacial score (nSPS) is 12.0. The summed E-state index contributed by atoms with van der Waals surface area (Å²) in [5, 5.41) is 8.25. The Kier molecular flexibility index (Phi) is 2.66. The largest absolute Gasteiger partial charge is 0.321 e. The number of nitrogens with one attached hydrogen (secondary N) is 1. The molecule has 0 atom stereocenters. The first-order valence-corrected chi connectivity index (χ1v) is 9.40. The molecule has 6 rings (SSSR count). The van der Waals surface area contributed by atoms with E-state index in [0.29, 0.717) is 0 Å². The van der Waals surface area contributed by atoms with E-state index in [-0.39, 0.29) is 5.56 Å². The third-order valence-corrected chi connectivity index (χ3v) is 6.40. The summed E-state index contributed by atoms with van der Waals surface area (Å²) in [5.41, 5.74) is 0.891. The van der Waals surface area contributed by atoms with Gasteiger partial charge in [0.2, 0.25) is 0 Å². The molecule has 0 aliphatic heterocycles. The van der Waals surface area contributed by atoms with Crippen LogP contribution in [-0.4, -0.2) is 4.98 Å². The monoisotopic (exact) mass is 351 g/mol. The molecule has 1 N–H and O–H groups in total. The smallest absolute Gasteiger partial charge is 0.266 e. The van der Waals surface area contributed by atoms with Crippen molar-refractivity contribution in [3.05, 3.63) is 83.2 Å². The molecule has 2 aromatic heterocycles. The van der Waals surface area contributed by atoms with Gasteiger partial charge < -0.3 is 4.98 Å². The summed E-state index contributed by atoms with van der Waals surface area (Å²) in [5.74, 6) is 0. The van der Waals surface area contributed by atoms with Crippen LogP contribution in [0.5, 0.6) is 0 Å². The van der Waals surface area contributed by atoms with Crippen LogP contribution >= 0.6 is 11.3 Å². The Hall–Kier alpha value is -3.17. The molecule has 0 spiro atoms. The molecule has 0 saturated carbocycles. The van der Waals surface area contributed by atoms with Gasteiger partial charge in [0, 0.05) is 26.4 Å². The van der Waals surface area contributed by atoms with Crippen LogP contribution in [0, 0.1) is 0 Å². The fraction of sp³-hybridized carbons (Fsp3) is 0. The highest BCUT2D eigenvalue weighted by atomic mass is 32.1. The Morgan fingerprint density at radius 1 is 0.654 bits per heavy atom. The third-order valence-electron chi connectivity index (χ3n) is 5.23. The van der Waals surface area contributed by atoms with Crippen LogP contribution in [0.3, 0.4) is 0 Å². The van der Waals surface area contributed by atoms with Gasteiger partial charge in [0.15, 0.2) is 0 Å². The molecule has 0 bridgehead atoms. The number of aromatic amines is 1. The molecule has 0 amide bonds. The fourth-order valence-corrected chi connectivity index (χ4v) is 5.20. The second-order valence-electron chi connectivity index (χ2n) is 6.63. The zero-order valence-electron chi connectivity index (χ0n) is 13.7. The number of aromatic nitrogens is 1. The van der Waals surface area contributed by atoms with Gasteiger partial charge in [-0.05, 0) is 33.7 Å². The molecule has 0 fully saturated rings. The van der Waals surface area contributed by atoms with E-state index in [1.807, 2.05) is 18.2 Å². The summed E-state index contributed by atoms with van der Waals surface area (Å²) in [7, 11) is 0. The number of hydrogen-bond donors (Lipinski definition) is 1. The van der Waals surface area contributed by atoms with Crippen LogP contribution in [0.1, 0.15) is 0 Å². The lowest BCUT2D eigenvalue weighted by atomic mass is 9.96. The maximum Gasteiger partial charge on any atom is 0.266 e. The molecule has 6 aromatic rings. The zero-order chi connectivity index (χ0) is 17.3. The lowest BCUT2D eigenvalue weighted by Gasteiger charge is -2.09. The lowest BCUT2D eigenvalue weighted by molar-refractivity contribution is 1.36. The van der Waals surface area contributed by atoms with Gasteiger partial charge >= 0.3 is 0 Å². The van der Waals surface area contributed by atoms with Crippen molar-refractivity contribution in [3.63, 3.8) is 0 Å². The third kappa shape index (κ3) is 1.73. The molecule has 26 heavy (non-hydrogen) atoms. The molecule has 0 unspecified atom stereocenters. The zero-order valence-corrected chi connectivity index (χ0v) is 14.6. The first-order chi connectivity index (χ1) is 12.8. The first-order valence-electron chi connectivity index (χ1n) is 8.59. The van der Waals surface area contributed by atoms with Gasteiger partial charge in [0.1, 0.15) is 4.70 Å². The summed E-state index contributed by atoms with van der Waals surface area (Å²) in [6, 6.07) is 25.2. The number of pyridine rings is 1. The average Bonchev–Trinajstić information content (AvgIpc) is 3.08. The highest BCUT2D eigenvalue weighted by Crippen LogP contribution is 2.39. The maximum absolute atomic E-state index is 12.7. The Morgan fingerprint density at radius 2 is 1.42 bits per heavy atom. The van der Waals surface area contributed by atoms with Crippen LogP contribution in [0.4, 0.5) is 0 Å². The lowest BCUT2D eigenvalue weighted by Crippen LogP contribution is -2.04. The van der Waals surface area contributed by atoms with Crippen molar-refractivity contribution in [2.45, 2.75) is 0 Å². The van der Waals surface area contributed by atoms with Gasteiger partial charge in [0.05, 0.1) is 0 Å². The summed E-state index contributed by atoms with van der Waals surface area (Å²) in [6.07, 6.45) is 0. The predicted octanol–water partition coefficient (Wildman–Crippen LogP) is 6.20. The molecular formula is C23H13NOS. The van der Waals surface area contributed by atoms with Gasteiger partial charge in [-0.15, -0.1) is 11.3 Å². The van der Waals surface area contributed by atoms with Crippen LogP contribution in [0.25, 0.3) is 52.6 Å². The molecule has 3 heteroatoms. The SMILES string of the molecule is O=c1[nH]c2ccc3c4ccccc4ccc3c2c2c1sc1ccccc12. The number of fused-ring (bicyclic) bond motifs is 9. The average molecular weight is 351 g/mol. The molecule has 0 saturated heterocycles. The molecular weight excluding hydrogens is 338 g/mol. The van der Waals surface area contributed by atoms with Crippen molar-refractivity contribution in [3.8, 4) is 0 Å². The van der Waals surface area contributed by atoms with Crippen molar-refractivity contribution in [1.29, 1.82) is 0 Å². The van der Waals surface area contributed by atoms with E-state index in [1.54, 1.807) is 11.3 Å². The van der Waals surface area contributed by atoms with Crippen LogP contribution < -0.4 is 5.56 Å². The Morgan fingerprint density at radius 3 is 2.35 bits per heavy atom. The highest BCUT2D eigenvalue weighted by molar-refractivity contribution is 7.26. The fourth-order valence-electron chi connectivity index (χ4n) is 4.09. The van der Waals surface area contributed by atoms with E-state index in [9.17, 15) is 4.79 Å². The van der Waals surface area contributed by atoms with Crippen LogP contribution in [0.15, 0.2) is 77.6 Å². The summed E-state index contributed by atoms with van der Waals surface area (Å²) >= 11 is 1.57. The Bertz CT molecular complexity index is 1560. The van der Waals surface area contributed by atoms with E-state index in [2.05, 4.69) is 59.6 Å². The van der Waals surface area contributed by atoms with Gasteiger partial charge in [-0.3, -0.25) is 4.79 Å². The predicted molar refractivity (Wildman–Crippen MR) is 112 cm³/mol. The molecule has 0 aliphatic carbocycles. The molecule has 122 valence electrons. The van der Waals surface area contributed by atoms with Crippen LogP contribution in [-0.2, 0) is 0 Å². The summed E-state index contributed by atoms with van der Waals surface area (Å²) < 4.78 is 1.96. The van der Waals surface area contributed by atoms with E-state index >= 15 is 0 Å². The molecule has 2 nitrogen and oxygen atoms in total. The number of benzene rings is 4. The van der Waals surface area contributed by atoms with Crippen LogP contribution in [0.2, 0.25) is 0 Å². The standard InChI is InChI=1S/C23H13NOS/c25-23-22-21(17-7-3-4-8-19(17)26-22)20-16-10-9-13-5-1-2-6-14(13)15(16)11-12-18(20)24-23/h1-12H,(H,24,25). The van der Waals surface area contributed by atoms with Crippen molar-refractivity contribution in [2.24, 2.45) is 0 Å². The quantitative estimate of drug-likeness (QED) is 0.325. The van der Waals surface area contributed by atoms with Gasteiger partial charge in [-0.25, -0.2) is 0 Å². The van der Waals surface area contributed by atoms with E-state index < -0.39 is 0 Å². The van der Waals surface area contributed by atoms with Crippen molar-refractivity contribution < 1.29 is 0 Å². The molecule has 2 heterocycles. The van der Waals surface area contributed by atoms with Gasteiger partial charge in [-0.2, -0.15) is 0 Å². The number of rotatable bonds is 0. The van der Waals surface area contributed by atoms with Crippen molar-refractivity contribution in [1.82, 2.24) is 4.98 Å². The molecule has 0 aliphatic rings. The Labute approximate surface area is 152 Å². The second kappa shape index (κ2) is 4.93. The van der Waals surface area contributed by atoms with Gasteiger partial charge in [-0.1, -0.05) is 60.7 Å². The minimum Gasteiger partial charge on any atom is -0.321 e. The summed E-state index contributed by atoms with van der Waals surface area (Å²) in [4.78, 5) is 15.8. The minimum absolute atomic E-state index is 0.00570. The molecule has 0 radical (unpaired) electrons. The minimum atomic E-state index is -0.00570. The number of thiophene rings is 1. The van der Waals surface area contributed by atoms with E-state index in [4.69, 9.17) is 0 Å². The van der Waals surface area contributed by atoms with Crippen molar-refractivity contribution >= 4 is 64.0 Å². The van der Waals surface area contributed by atoms with E-state index in [1.165, 1.54) is 21.5 Å². The number of hydrogen-bond acceptors (Lipinski definition) is 2. The highest BCUT2D eigenvalue weighted by Gasteiger charge is 2.15. The van der Waals surface area contributed by atoms with E-state index in [0.717, 1.165) is 31.1 Å². The van der Waals surface area contributed by atoms with Crippen molar-refractivity contribution in [2.75, 3.05) is 0 Å². The maximum atomic E-state index is 12.7. The van der Waals surface area contributed by atoms with Gasteiger partial charge in [0.25, 0.3) is 5.56 Å².